The van der Waals surface area contributed by atoms with E-state index in [-0.39, 0.29) is 0 Å². The molecule has 0 heterocycles. The predicted molar refractivity (Wildman–Crippen MR) is 172 cm³/mol. The van der Waals surface area contributed by atoms with Gasteiger partial charge in [0.2, 0.25) is 0 Å². The fourth-order valence-corrected chi connectivity index (χ4v) is 5.79. The van der Waals surface area contributed by atoms with Gasteiger partial charge in [0.15, 0.2) is 0 Å². The molecule has 224 valence electrons. The zero-order valence-corrected chi connectivity index (χ0v) is 27.1. The molecule has 0 atom stereocenters. The van der Waals surface area contributed by atoms with E-state index in [9.17, 15) is 0 Å². The van der Waals surface area contributed by atoms with Crippen LogP contribution in [0.15, 0.2) is 0 Å². The van der Waals surface area contributed by atoms with Gasteiger partial charge in [0, 0.05) is 0 Å². The van der Waals surface area contributed by atoms with Gasteiger partial charge in [-0.2, -0.15) is 0 Å². The standard InChI is InChI=1S/C36H76N/c1-5-6-7-8-9-10-11-12-13-14-15-16-17-18-19-20-21-22-23-24-25-26-27-28-29-30-31-32-33-34-35-36-37(2,3)4/h5-36H2,1-4H3/q+1. The molecule has 0 fully saturated rings. The molecule has 0 bridgehead atoms. The molecule has 0 amide bonds. The van der Waals surface area contributed by atoms with E-state index in [4.69, 9.17) is 0 Å². The molecule has 1 nitrogen and oxygen atoms in total. The average Bonchev–Trinajstić information content (AvgIpc) is 2.86. The maximum absolute atomic E-state index is 2.31. The molecular weight excluding hydrogens is 446 g/mol. The van der Waals surface area contributed by atoms with Crippen molar-refractivity contribution in [3.05, 3.63) is 0 Å². The van der Waals surface area contributed by atoms with E-state index in [1.807, 2.05) is 0 Å². The summed E-state index contributed by atoms with van der Waals surface area (Å²) in [7, 11) is 6.92. The van der Waals surface area contributed by atoms with Crippen LogP contribution in [-0.2, 0) is 0 Å². The van der Waals surface area contributed by atoms with E-state index in [0.29, 0.717) is 0 Å². The van der Waals surface area contributed by atoms with Gasteiger partial charge >= 0.3 is 0 Å². The maximum atomic E-state index is 2.31. The van der Waals surface area contributed by atoms with Gasteiger partial charge < -0.3 is 4.48 Å². The largest absolute Gasteiger partial charge is 0.331 e. The molecule has 0 rings (SSSR count). The second kappa shape index (κ2) is 30.5. The number of unbranched alkanes of at least 4 members (excludes halogenated alkanes) is 30. The molecule has 0 unspecified atom stereocenters. The maximum Gasteiger partial charge on any atom is 0.0780 e. The first-order valence-electron chi connectivity index (χ1n) is 17.9. The first kappa shape index (κ1) is 37.0. The van der Waals surface area contributed by atoms with E-state index in [2.05, 4.69) is 28.1 Å². The molecular formula is C36H76N+. The molecule has 0 aliphatic rings. The van der Waals surface area contributed by atoms with Crippen LogP contribution in [0.4, 0.5) is 0 Å². The first-order valence-corrected chi connectivity index (χ1v) is 17.9. The molecule has 0 aliphatic carbocycles. The van der Waals surface area contributed by atoms with Crippen molar-refractivity contribution in [2.45, 2.75) is 206 Å². The summed E-state index contributed by atoms with van der Waals surface area (Å²) in [5.41, 5.74) is 0. The Morgan fingerprint density at radius 1 is 0.243 bits per heavy atom. The van der Waals surface area contributed by atoms with Gasteiger partial charge in [-0.15, -0.1) is 0 Å². The Bertz CT molecular complexity index is 396. The SMILES string of the molecule is CCCCCCCCCCCCCCCCCCCCCCCCCCCCCCCCC[N+](C)(C)C. The van der Waals surface area contributed by atoms with Crippen LogP contribution in [0.2, 0.25) is 0 Å². The zero-order chi connectivity index (χ0) is 27.1. The van der Waals surface area contributed by atoms with Gasteiger partial charge in [-0.1, -0.05) is 193 Å². The van der Waals surface area contributed by atoms with Gasteiger partial charge in [-0.25, -0.2) is 0 Å². The quantitative estimate of drug-likeness (QED) is 0.0608. The molecule has 0 radical (unpaired) electrons. The summed E-state index contributed by atoms with van der Waals surface area (Å²) in [4.78, 5) is 0. The van der Waals surface area contributed by atoms with Crippen molar-refractivity contribution in [3.8, 4) is 0 Å². The number of hydrogen-bond acceptors (Lipinski definition) is 0. The molecule has 37 heavy (non-hydrogen) atoms. The third-order valence-electron chi connectivity index (χ3n) is 8.43. The Morgan fingerprint density at radius 3 is 0.568 bits per heavy atom. The van der Waals surface area contributed by atoms with E-state index < -0.39 is 0 Å². The molecule has 0 aromatic heterocycles. The van der Waals surface area contributed by atoms with Crippen molar-refractivity contribution >= 4 is 0 Å². The fraction of sp³-hybridized carbons (Fsp3) is 1.00. The topological polar surface area (TPSA) is 0 Å². The number of nitrogens with zero attached hydrogens (tertiary/aromatic N) is 1. The van der Waals surface area contributed by atoms with Crippen LogP contribution in [0.25, 0.3) is 0 Å². The molecule has 0 aromatic rings. The van der Waals surface area contributed by atoms with E-state index in [0.717, 1.165) is 4.48 Å². The van der Waals surface area contributed by atoms with Crippen molar-refractivity contribution in [3.63, 3.8) is 0 Å². The highest BCUT2D eigenvalue weighted by molar-refractivity contribution is 4.52. The fourth-order valence-electron chi connectivity index (χ4n) is 5.79. The third-order valence-corrected chi connectivity index (χ3v) is 8.43. The van der Waals surface area contributed by atoms with Gasteiger partial charge in [0.05, 0.1) is 27.7 Å². The molecule has 0 aliphatic heterocycles. The number of quaternary nitrogens is 1. The van der Waals surface area contributed by atoms with Crippen molar-refractivity contribution in [2.24, 2.45) is 0 Å². The number of rotatable bonds is 32. The minimum Gasteiger partial charge on any atom is -0.331 e. The number of hydrogen-bond donors (Lipinski definition) is 0. The smallest absolute Gasteiger partial charge is 0.0780 e. The Hall–Kier alpha value is -0.0400. The van der Waals surface area contributed by atoms with Crippen molar-refractivity contribution < 1.29 is 4.48 Å². The summed E-state index contributed by atoms with van der Waals surface area (Å²) in [6.07, 6.45) is 45.8. The molecule has 0 saturated carbocycles. The lowest BCUT2D eigenvalue weighted by Crippen LogP contribution is -2.35. The monoisotopic (exact) mass is 523 g/mol. The van der Waals surface area contributed by atoms with Crippen molar-refractivity contribution in [1.82, 2.24) is 0 Å². The van der Waals surface area contributed by atoms with E-state index >= 15 is 0 Å². The van der Waals surface area contributed by atoms with Crippen LogP contribution in [0, 0.1) is 0 Å². The average molecular weight is 523 g/mol. The Morgan fingerprint density at radius 2 is 0.405 bits per heavy atom. The molecule has 1 heteroatoms. The minimum absolute atomic E-state index is 1.12. The summed E-state index contributed by atoms with van der Waals surface area (Å²) in [6, 6.07) is 0. The normalized spacial score (nSPS) is 12.0. The van der Waals surface area contributed by atoms with Gasteiger partial charge in [0.25, 0.3) is 0 Å². The van der Waals surface area contributed by atoms with Gasteiger partial charge in [-0.05, 0) is 12.8 Å². The summed E-state index contributed by atoms with van der Waals surface area (Å²) in [6.45, 7) is 3.64. The Kier molecular flexibility index (Phi) is 30.5. The van der Waals surface area contributed by atoms with Crippen LogP contribution < -0.4 is 0 Å². The lowest BCUT2D eigenvalue weighted by Gasteiger charge is -2.23. The Balaban J connectivity index is 3.04. The third kappa shape index (κ3) is 36.0. The van der Waals surface area contributed by atoms with Crippen LogP contribution in [0.1, 0.15) is 206 Å². The molecule has 0 aromatic carbocycles. The lowest BCUT2D eigenvalue weighted by atomic mass is 10.0. The minimum atomic E-state index is 1.12. The van der Waals surface area contributed by atoms with Crippen molar-refractivity contribution in [2.75, 3.05) is 27.7 Å². The molecule has 0 N–H and O–H groups in total. The van der Waals surface area contributed by atoms with Crippen LogP contribution in [-0.4, -0.2) is 32.2 Å². The zero-order valence-electron chi connectivity index (χ0n) is 27.1. The van der Waals surface area contributed by atoms with Gasteiger partial charge in [0.1, 0.15) is 0 Å². The highest BCUT2D eigenvalue weighted by Crippen LogP contribution is 2.16. The molecule has 0 saturated heterocycles. The highest BCUT2D eigenvalue weighted by atomic mass is 15.3. The van der Waals surface area contributed by atoms with E-state index in [1.165, 1.54) is 206 Å². The summed E-state index contributed by atoms with van der Waals surface area (Å²) in [5.74, 6) is 0. The van der Waals surface area contributed by atoms with Crippen molar-refractivity contribution in [1.29, 1.82) is 0 Å². The lowest BCUT2D eigenvalue weighted by molar-refractivity contribution is -0.870. The second-order valence-corrected chi connectivity index (χ2v) is 13.6. The first-order chi connectivity index (χ1) is 18.1. The highest BCUT2D eigenvalue weighted by Gasteiger charge is 2.05. The van der Waals surface area contributed by atoms with Crippen LogP contribution in [0.5, 0.6) is 0 Å². The Labute approximate surface area is 237 Å². The summed E-state index contributed by atoms with van der Waals surface area (Å²) in [5, 5.41) is 0. The predicted octanol–water partition coefficient (Wildman–Crippen LogP) is 12.8. The second-order valence-electron chi connectivity index (χ2n) is 13.6. The summed E-state index contributed by atoms with van der Waals surface area (Å²) >= 11 is 0. The van der Waals surface area contributed by atoms with Gasteiger partial charge in [-0.3, -0.25) is 0 Å². The summed E-state index contributed by atoms with van der Waals surface area (Å²) < 4.78 is 1.12. The van der Waals surface area contributed by atoms with E-state index in [1.54, 1.807) is 0 Å². The van der Waals surface area contributed by atoms with Crippen LogP contribution >= 0.6 is 0 Å². The van der Waals surface area contributed by atoms with Crippen LogP contribution in [0.3, 0.4) is 0 Å². The molecule has 0 spiro atoms.